The molecule has 3 rings (SSSR count). The topological polar surface area (TPSA) is 95.5 Å². The molecule has 2 heterocycles. The highest BCUT2D eigenvalue weighted by Crippen LogP contribution is 2.27. The average Bonchev–Trinajstić information content (AvgIpc) is 2.60. The molecule has 24 heavy (non-hydrogen) atoms. The van der Waals surface area contributed by atoms with Crippen LogP contribution in [-0.4, -0.2) is 23.5 Å². The van der Waals surface area contributed by atoms with Gasteiger partial charge in [-0.15, -0.1) is 0 Å². The molecule has 122 valence electrons. The minimum atomic E-state index is -0.343. The monoisotopic (exact) mass is 323 g/mol. The number of nitrogens with one attached hydrogen (secondary N) is 3. The zero-order valence-electron chi connectivity index (χ0n) is 12.9. The van der Waals surface area contributed by atoms with E-state index >= 15 is 0 Å². The zero-order valence-corrected chi connectivity index (χ0v) is 12.9. The summed E-state index contributed by atoms with van der Waals surface area (Å²) in [6, 6.07) is 8.73. The van der Waals surface area contributed by atoms with E-state index in [0.717, 1.165) is 17.4 Å². The first-order valence-electron chi connectivity index (χ1n) is 7.60. The van der Waals surface area contributed by atoms with Crippen molar-refractivity contribution in [3.05, 3.63) is 53.9 Å². The van der Waals surface area contributed by atoms with E-state index in [2.05, 4.69) is 26.1 Å². The largest absolute Gasteiger partial charge is 0.323 e. The molecule has 0 saturated heterocycles. The highest BCUT2D eigenvalue weighted by atomic mass is 16.2. The Labute approximate surface area is 139 Å². The average molecular weight is 323 g/mol. The van der Waals surface area contributed by atoms with Crippen LogP contribution in [0.25, 0.3) is 0 Å². The van der Waals surface area contributed by atoms with Crippen LogP contribution in [0.3, 0.4) is 0 Å². The molecule has 0 bridgehead atoms. The number of carbonyl (C=O) groups excluding carboxylic acids is 2. The molecule has 7 nitrogen and oxygen atoms in total. The fourth-order valence-electron chi connectivity index (χ4n) is 2.52. The van der Waals surface area contributed by atoms with Crippen molar-refractivity contribution < 1.29 is 9.59 Å². The molecule has 1 aromatic heterocycles. The van der Waals surface area contributed by atoms with E-state index < -0.39 is 0 Å². The number of amides is 2. The predicted molar refractivity (Wildman–Crippen MR) is 92.1 cm³/mol. The number of hydrogen-bond donors (Lipinski definition) is 3. The van der Waals surface area contributed by atoms with E-state index in [0.29, 0.717) is 24.2 Å². The second-order valence-corrected chi connectivity index (χ2v) is 5.35. The van der Waals surface area contributed by atoms with Crippen LogP contribution in [0.1, 0.15) is 30.0 Å². The molecule has 1 aromatic carbocycles. The van der Waals surface area contributed by atoms with Crippen LogP contribution >= 0.6 is 0 Å². The van der Waals surface area contributed by atoms with Crippen molar-refractivity contribution in [2.75, 3.05) is 10.6 Å². The Morgan fingerprint density at radius 3 is 2.92 bits per heavy atom. The quantitative estimate of drug-likeness (QED) is 0.737. The number of urea groups is 1. The lowest BCUT2D eigenvalue weighted by Gasteiger charge is -2.22. The lowest BCUT2D eigenvalue weighted by atomic mass is 9.96. The summed E-state index contributed by atoms with van der Waals surface area (Å²) in [5.41, 5.74) is 6.27. The molecule has 2 aromatic rings. The van der Waals surface area contributed by atoms with Crippen molar-refractivity contribution >= 4 is 29.9 Å². The Bertz CT molecular complexity index is 761. The lowest BCUT2D eigenvalue weighted by molar-refractivity contribution is -0.108. The third-order valence-corrected chi connectivity index (χ3v) is 3.65. The number of aromatic nitrogens is 1. The summed E-state index contributed by atoms with van der Waals surface area (Å²) >= 11 is 0. The maximum atomic E-state index is 12.1. The molecule has 0 spiro atoms. The summed E-state index contributed by atoms with van der Waals surface area (Å²) in [5.74, 6) is 0. The van der Waals surface area contributed by atoms with Crippen molar-refractivity contribution in [1.82, 2.24) is 10.4 Å². The van der Waals surface area contributed by atoms with Gasteiger partial charge in [-0.05, 0) is 41.8 Å². The summed E-state index contributed by atoms with van der Waals surface area (Å²) < 4.78 is 0. The van der Waals surface area contributed by atoms with E-state index in [1.54, 1.807) is 30.7 Å². The molecule has 7 heteroatoms. The van der Waals surface area contributed by atoms with Gasteiger partial charge in [-0.1, -0.05) is 6.07 Å². The molecule has 2 amide bonds. The number of hydrogen-bond acceptors (Lipinski definition) is 5. The Kier molecular flexibility index (Phi) is 4.81. The van der Waals surface area contributed by atoms with Crippen molar-refractivity contribution in [3.8, 4) is 0 Å². The third kappa shape index (κ3) is 3.75. The second kappa shape index (κ2) is 7.36. The molecule has 1 atom stereocenters. The van der Waals surface area contributed by atoms with Gasteiger partial charge in [0.1, 0.15) is 6.29 Å². The number of rotatable bonds is 5. The van der Waals surface area contributed by atoms with Gasteiger partial charge in [0.2, 0.25) is 0 Å². The van der Waals surface area contributed by atoms with E-state index in [1.807, 2.05) is 18.2 Å². The van der Waals surface area contributed by atoms with Gasteiger partial charge < -0.3 is 20.9 Å². The first kappa shape index (κ1) is 15.7. The van der Waals surface area contributed by atoms with Gasteiger partial charge in [-0.3, -0.25) is 4.98 Å². The van der Waals surface area contributed by atoms with Gasteiger partial charge in [-0.25, -0.2) is 4.79 Å². The molecule has 1 unspecified atom stereocenters. The summed E-state index contributed by atoms with van der Waals surface area (Å²) in [7, 11) is 0. The maximum Gasteiger partial charge on any atom is 0.323 e. The van der Waals surface area contributed by atoms with Crippen LogP contribution in [-0.2, 0) is 4.79 Å². The smallest absolute Gasteiger partial charge is 0.308 e. The molecule has 1 aliphatic rings. The van der Waals surface area contributed by atoms with Gasteiger partial charge in [0.05, 0.1) is 24.1 Å². The lowest BCUT2D eigenvalue weighted by Crippen LogP contribution is -2.23. The van der Waals surface area contributed by atoms with E-state index in [9.17, 15) is 9.59 Å². The first-order valence-corrected chi connectivity index (χ1v) is 7.60. The van der Waals surface area contributed by atoms with Gasteiger partial charge in [-0.2, -0.15) is 5.10 Å². The third-order valence-electron chi connectivity index (χ3n) is 3.65. The fourth-order valence-corrected chi connectivity index (χ4v) is 2.52. The number of carbonyl (C=O) groups is 2. The van der Waals surface area contributed by atoms with Crippen LogP contribution < -0.4 is 16.1 Å². The molecule has 0 fully saturated rings. The van der Waals surface area contributed by atoms with Crippen LogP contribution in [0.5, 0.6) is 0 Å². The summed E-state index contributed by atoms with van der Waals surface area (Å²) in [6.45, 7) is 0. The normalized spacial score (nSPS) is 15.1. The van der Waals surface area contributed by atoms with E-state index in [-0.39, 0.29) is 12.1 Å². The molecule has 0 radical (unpaired) electrons. The van der Waals surface area contributed by atoms with E-state index in [4.69, 9.17) is 0 Å². The van der Waals surface area contributed by atoms with Crippen molar-refractivity contribution in [1.29, 1.82) is 0 Å². The Balaban J connectivity index is 1.72. The first-order chi connectivity index (χ1) is 11.8. The molecular weight excluding hydrogens is 306 g/mol. The molecular formula is C17H17N5O2. The van der Waals surface area contributed by atoms with Crippen LogP contribution in [0.2, 0.25) is 0 Å². The minimum Gasteiger partial charge on any atom is -0.308 e. The molecule has 0 saturated carbocycles. The number of hydrazone groups is 1. The number of anilines is 2. The summed E-state index contributed by atoms with van der Waals surface area (Å²) in [4.78, 5) is 26.6. The SMILES string of the molecule is O=CCCC1NN=Cc2ccc(NC(=O)Nc3cccnc3)cc21. The van der Waals surface area contributed by atoms with Gasteiger partial charge >= 0.3 is 6.03 Å². The van der Waals surface area contributed by atoms with Crippen LogP contribution in [0.15, 0.2) is 47.8 Å². The second-order valence-electron chi connectivity index (χ2n) is 5.35. The van der Waals surface area contributed by atoms with Gasteiger partial charge in [0, 0.05) is 18.3 Å². The number of pyridine rings is 1. The van der Waals surface area contributed by atoms with Crippen LogP contribution in [0.4, 0.5) is 16.2 Å². The summed E-state index contributed by atoms with van der Waals surface area (Å²) in [6.07, 6.45) is 6.93. The highest BCUT2D eigenvalue weighted by Gasteiger charge is 2.18. The van der Waals surface area contributed by atoms with Gasteiger partial charge in [0.15, 0.2) is 0 Å². The Morgan fingerprint density at radius 1 is 1.25 bits per heavy atom. The number of aldehydes is 1. The van der Waals surface area contributed by atoms with Crippen molar-refractivity contribution in [3.63, 3.8) is 0 Å². The highest BCUT2D eigenvalue weighted by molar-refractivity contribution is 6.00. The number of fused-ring (bicyclic) bond motifs is 1. The zero-order chi connectivity index (χ0) is 16.8. The molecule has 1 aliphatic heterocycles. The van der Waals surface area contributed by atoms with Gasteiger partial charge in [0.25, 0.3) is 0 Å². The molecule has 3 N–H and O–H groups in total. The minimum absolute atomic E-state index is 0.0432. The molecule has 0 aliphatic carbocycles. The Morgan fingerprint density at radius 2 is 2.12 bits per heavy atom. The maximum absolute atomic E-state index is 12.1. The van der Waals surface area contributed by atoms with Crippen LogP contribution in [0, 0.1) is 0 Å². The Hall–Kier alpha value is -3.22. The number of benzene rings is 1. The number of nitrogens with zero attached hydrogens (tertiary/aromatic N) is 2. The van der Waals surface area contributed by atoms with Crippen molar-refractivity contribution in [2.24, 2.45) is 5.10 Å². The predicted octanol–water partition coefficient (Wildman–Crippen LogP) is 2.68. The standard InChI is InChI=1S/C17H17N5O2/c23-8-2-4-16-15-9-13(6-5-12(15)10-19-22-16)20-17(24)21-14-3-1-7-18-11-14/h1,3,5-11,16,22H,2,4H2,(H2,20,21,24). The van der Waals surface area contributed by atoms with Crippen molar-refractivity contribution in [2.45, 2.75) is 18.9 Å². The fraction of sp³-hybridized carbons (Fsp3) is 0.176. The summed E-state index contributed by atoms with van der Waals surface area (Å²) in [5, 5.41) is 9.61. The van der Waals surface area contributed by atoms with E-state index in [1.165, 1.54) is 0 Å².